The second-order valence-corrected chi connectivity index (χ2v) is 6.89. The summed E-state index contributed by atoms with van der Waals surface area (Å²) in [6.45, 7) is 3.45. The number of imide groups is 1. The molecule has 26 heavy (non-hydrogen) atoms. The van der Waals surface area contributed by atoms with E-state index in [1.165, 1.54) is 4.90 Å². The van der Waals surface area contributed by atoms with Crippen LogP contribution in [0.15, 0.2) is 42.5 Å². The van der Waals surface area contributed by atoms with Crippen LogP contribution in [0, 0.1) is 6.92 Å². The van der Waals surface area contributed by atoms with Gasteiger partial charge in [0, 0.05) is 18.7 Å². The van der Waals surface area contributed by atoms with Crippen LogP contribution in [-0.2, 0) is 0 Å². The maximum absolute atomic E-state index is 12.8. The fraction of sp³-hybridized carbons (Fsp3) is 0.286. The van der Waals surface area contributed by atoms with Gasteiger partial charge in [-0.1, -0.05) is 17.7 Å². The zero-order chi connectivity index (χ0) is 18.3. The van der Waals surface area contributed by atoms with Gasteiger partial charge in [0.2, 0.25) is 0 Å². The zero-order valence-corrected chi connectivity index (χ0v) is 14.7. The number of rotatable bonds is 2. The first-order chi connectivity index (χ1) is 12.6. The number of hydrogen-bond acceptors (Lipinski definition) is 3. The second kappa shape index (κ2) is 6.41. The van der Waals surface area contributed by atoms with Crippen molar-refractivity contribution < 1.29 is 14.4 Å². The molecule has 0 saturated carbocycles. The molecular formula is C21H20N2O3. The van der Waals surface area contributed by atoms with Crippen LogP contribution in [0.5, 0.6) is 0 Å². The summed E-state index contributed by atoms with van der Waals surface area (Å²) in [7, 11) is 0. The zero-order valence-electron chi connectivity index (χ0n) is 14.7. The van der Waals surface area contributed by atoms with E-state index < -0.39 is 0 Å². The first kappa shape index (κ1) is 16.5. The minimum absolute atomic E-state index is 0.0680. The van der Waals surface area contributed by atoms with E-state index in [4.69, 9.17) is 0 Å². The van der Waals surface area contributed by atoms with Crippen LogP contribution in [0.2, 0.25) is 0 Å². The minimum atomic E-state index is -0.373. The number of benzene rings is 2. The maximum Gasteiger partial charge on any atom is 0.266 e. The summed E-state index contributed by atoms with van der Waals surface area (Å²) in [6.07, 6.45) is 3.16. The van der Waals surface area contributed by atoms with Crippen molar-refractivity contribution >= 4 is 23.4 Å². The number of fused-ring (bicyclic) bond motifs is 1. The van der Waals surface area contributed by atoms with Crippen molar-refractivity contribution in [3.05, 3.63) is 64.7 Å². The number of anilines is 1. The normalized spacial score (nSPS) is 16.8. The Morgan fingerprint density at radius 2 is 1.50 bits per heavy atom. The maximum atomic E-state index is 12.8. The van der Waals surface area contributed by atoms with E-state index in [1.807, 2.05) is 24.0 Å². The SMILES string of the molecule is Cc1ccc(N2C(=O)c3ccc(C(=O)N4CCCCC4)cc3C2=O)cc1. The summed E-state index contributed by atoms with van der Waals surface area (Å²) in [4.78, 5) is 41.2. The van der Waals surface area contributed by atoms with Crippen molar-refractivity contribution in [3.63, 3.8) is 0 Å². The Labute approximate surface area is 152 Å². The fourth-order valence-electron chi connectivity index (χ4n) is 3.58. The van der Waals surface area contributed by atoms with E-state index in [0.29, 0.717) is 22.4 Å². The number of carbonyl (C=O) groups excluding carboxylic acids is 3. The molecule has 1 fully saturated rings. The van der Waals surface area contributed by atoms with Gasteiger partial charge in [-0.25, -0.2) is 4.90 Å². The summed E-state index contributed by atoms with van der Waals surface area (Å²) in [5, 5.41) is 0. The number of piperidine rings is 1. The van der Waals surface area contributed by atoms with Crippen molar-refractivity contribution in [2.24, 2.45) is 0 Å². The van der Waals surface area contributed by atoms with Crippen LogP contribution in [-0.4, -0.2) is 35.7 Å². The van der Waals surface area contributed by atoms with Gasteiger partial charge in [0.25, 0.3) is 17.7 Å². The summed E-state index contributed by atoms with van der Waals surface area (Å²) in [5.74, 6) is -0.783. The minimum Gasteiger partial charge on any atom is -0.339 e. The summed E-state index contributed by atoms with van der Waals surface area (Å²) in [5.41, 5.74) is 2.73. The summed E-state index contributed by atoms with van der Waals surface area (Å²) in [6, 6.07) is 12.1. The average molecular weight is 348 g/mol. The third kappa shape index (κ3) is 2.69. The Balaban J connectivity index is 1.66. The highest BCUT2D eigenvalue weighted by Gasteiger charge is 2.37. The van der Waals surface area contributed by atoms with Crippen LogP contribution < -0.4 is 4.90 Å². The Morgan fingerprint density at radius 3 is 2.19 bits per heavy atom. The molecule has 0 radical (unpaired) electrons. The van der Waals surface area contributed by atoms with Gasteiger partial charge in [0.1, 0.15) is 0 Å². The number of carbonyl (C=O) groups is 3. The lowest BCUT2D eigenvalue weighted by molar-refractivity contribution is 0.0724. The van der Waals surface area contributed by atoms with Crippen LogP contribution >= 0.6 is 0 Å². The predicted molar refractivity (Wildman–Crippen MR) is 98.5 cm³/mol. The standard InChI is InChI=1S/C21H20N2O3/c1-14-5-8-16(9-6-14)23-20(25)17-10-7-15(13-18(17)21(23)26)19(24)22-11-3-2-4-12-22/h5-10,13H,2-4,11-12H2,1H3. The van der Waals surface area contributed by atoms with Crippen molar-refractivity contribution in [3.8, 4) is 0 Å². The molecule has 2 heterocycles. The number of aryl methyl sites for hydroxylation is 1. The molecule has 0 unspecified atom stereocenters. The van der Waals surface area contributed by atoms with Crippen molar-refractivity contribution in [1.29, 1.82) is 0 Å². The number of hydrogen-bond donors (Lipinski definition) is 0. The first-order valence-electron chi connectivity index (χ1n) is 8.95. The van der Waals surface area contributed by atoms with Gasteiger partial charge < -0.3 is 4.90 Å². The molecule has 2 aromatic carbocycles. The van der Waals surface area contributed by atoms with Gasteiger partial charge >= 0.3 is 0 Å². The molecule has 0 bridgehead atoms. The van der Waals surface area contributed by atoms with Gasteiger partial charge in [-0.3, -0.25) is 14.4 Å². The van der Waals surface area contributed by atoms with Gasteiger partial charge in [0.15, 0.2) is 0 Å². The van der Waals surface area contributed by atoms with Gasteiger partial charge in [-0.15, -0.1) is 0 Å². The fourth-order valence-corrected chi connectivity index (χ4v) is 3.58. The van der Waals surface area contributed by atoms with Crippen LogP contribution in [0.3, 0.4) is 0 Å². The highest BCUT2D eigenvalue weighted by Crippen LogP contribution is 2.29. The molecule has 2 aliphatic rings. The average Bonchev–Trinajstić information content (AvgIpc) is 2.93. The third-order valence-corrected chi connectivity index (χ3v) is 5.07. The molecule has 1 saturated heterocycles. The lowest BCUT2D eigenvalue weighted by Gasteiger charge is -2.26. The van der Waals surface area contributed by atoms with E-state index in [-0.39, 0.29) is 17.7 Å². The Morgan fingerprint density at radius 1 is 0.846 bits per heavy atom. The van der Waals surface area contributed by atoms with Crippen LogP contribution in [0.25, 0.3) is 0 Å². The molecule has 2 aromatic rings. The van der Waals surface area contributed by atoms with Crippen LogP contribution in [0.4, 0.5) is 5.69 Å². The molecule has 5 heteroatoms. The molecule has 0 N–H and O–H groups in total. The molecule has 4 rings (SSSR count). The molecule has 5 nitrogen and oxygen atoms in total. The summed E-state index contributed by atoms with van der Waals surface area (Å²) >= 11 is 0. The van der Waals surface area contributed by atoms with E-state index in [0.717, 1.165) is 37.9 Å². The molecule has 132 valence electrons. The lowest BCUT2D eigenvalue weighted by Crippen LogP contribution is -2.35. The third-order valence-electron chi connectivity index (χ3n) is 5.07. The monoisotopic (exact) mass is 348 g/mol. The van der Waals surface area contributed by atoms with E-state index in [9.17, 15) is 14.4 Å². The lowest BCUT2D eigenvalue weighted by atomic mass is 10.0. The van der Waals surface area contributed by atoms with Gasteiger partial charge in [-0.2, -0.15) is 0 Å². The second-order valence-electron chi connectivity index (χ2n) is 6.89. The van der Waals surface area contributed by atoms with Gasteiger partial charge in [-0.05, 0) is 56.5 Å². The molecule has 0 aromatic heterocycles. The topological polar surface area (TPSA) is 57.7 Å². The van der Waals surface area contributed by atoms with E-state index in [1.54, 1.807) is 30.3 Å². The quantitative estimate of drug-likeness (QED) is 0.782. The van der Waals surface area contributed by atoms with E-state index >= 15 is 0 Å². The first-order valence-corrected chi connectivity index (χ1v) is 8.95. The molecule has 2 aliphatic heterocycles. The Bertz CT molecular complexity index is 896. The summed E-state index contributed by atoms with van der Waals surface area (Å²) < 4.78 is 0. The van der Waals surface area contributed by atoms with E-state index in [2.05, 4.69) is 0 Å². The van der Waals surface area contributed by atoms with Crippen molar-refractivity contribution in [1.82, 2.24) is 4.90 Å². The molecule has 0 atom stereocenters. The van der Waals surface area contributed by atoms with Crippen molar-refractivity contribution in [2.45, 2.75) is 26.2 Å². The number of amides is 3. The largest absolute Gasteiger partial charge is 0.339 e. The Hall–Kier alpha value is -2.95. The molecule has 3 amide bonds. The number of nitrogens with zero attached hydrogens (tertiary/aromatic N) is 2. The van der Waals surface area contributed by atoms with Gasteiger partial charge in [0.05, 0.1) is 16.8 Å². The van der Waals surface area contributed by atoms with Crippen LogP contribution in [0.1, 0.15) is 55.9 Å². The molecular weight excluding hydrogens is 328 g/mol. The highest BCUT2D eigenvalue weighted by atomic mass is 16.2. The predicted octanol–water partition coefficient (Wildman–Crippen LogP) is 3.42. The van der Waals surface area contributed by atoms with Crippen molar-refractivity contribution in [2.75, 3.05) is 18.0 Å². The molecule has 0 spiro atoms. The smallest absolute Gasteiger partial charge is 0.266 e. The highest BCUT2D eigenvalue weighted by molar-refractivity contribution is 6.34. The molecule has 0 aliphatic carbocycles. The Kier molecular flexibility index (Phi) is 4.07. The number of likely N-dealkylation sites (tertiary alicyclic amines) is 1.